The van der Waals surface area contributed by atoms with E-state index in [1.165, 1.54) is 6.07 Å². The molecule has 2 nitrogen and oxygen atoms in total. The molecule has 0 aliphatic heterocycles. The van der Waals surface area contributed by atoms with E-state index < -0.39 is 5.60 Å². The van der Waals surface area contributed by atoms with Crippen LogP contribution < -0.4 is 5.73 Å². The molecule has 1 aromatic rings. The topological polar surface area (TPSA) is 46.2 Å². The average molecular weight is 276 g/mol. The second-order valence-corrected chi connectivity index (χ2v) is 4.86. The first-order chi connectivity index (χ1) is 6.94. The normalized spacial score (nSPS) is 15.0. The predicted octanol–water partition coefficient (Wildman–Crippen LogP) is 2.23. The van der Waals surface area contributed by atoms with Crippen molar-refractivity contribution in [3.63, 3.8) is 0 Å². The highest BCUT2D eigenvalue weighted by atomic mass is 79.9. The van der Waals surface area contributed by atoms with Gasteiger partial charge < -0.3 is 10.8 Å². The Hall–Kier alpha value is -0.450. The van der Waals surface area contributed by atoms with Crippen LogP contribution in [-0.4, -0.2) is 17.3 Å². The zero-order valence-corrected chi connectivity index (χ0v) is 10.2. The van der Waals surface area contributed by atoms with Crippen LogP contribution >= 0.6 is 15.9 Å². The van der Waals surface area contributed by atoms with Crippen molar-refractivity contribution < 1.29 is 9.50 Å². The fraction of sp³-hybridized carbons (Fsp3) is 0.455. The molecular formula is C11H15BrFNO. The van der Waals surface area contributed by atoms with Gasteiger partial charge >= 0.3 is 0 Å². The molecule has 0 aliphatic carbocycles. The molecule has 3 N–H and O–H groups in total. The van der Waals surface area contributed by atoms with Gasteiger partial charge in [-0.05, 0) is 43.7 Å². The third kappa shape index (κ3) is 3.89. The van der Waals surface area contributed by atoms with Gasteiger partial charge in [-0.25, -0.2) is 4.39 Å². The number of hydrogen-bond donors (Lipinski definition) is 2. The van der Waals surface area contributed by atoms with Crippen LogP contribution in [0.15, 0.2) is 22.7 Å². The van der Waals surface area contributed by atoms with E-state index in [0.29, 0.717) is 18.5 Å². The molecule has 1 aromatic carbocycles. The van der Waals surface area contributed by atoms with E-state index in [4.69, 9.17) is 5.73 Å². The van der Waals surface area contributed by atoms with Crippen LogP contribution in [0.2, 0.25) is 0 Å². The zero-order chi connectivity index (χ0) is 11.5. The largest absolute Gasteiger partial charge is 0.390 e. The Morgan fingerprint density at radius 3 is 2.80 bits per heavy atom. The Kier molecular flexibility index (Phi) is 4.25. The first kappa shape index (κ1) is 12.6. The van der Waals surface area contributed by atoms with E-state index in [1.54, 1.807) is 19.1 Å². The maximum Gasteiger partial charge on any atom is 0.126 e. The number of halogens is 2. The summed E-state index contributed by atoms with van der Waals surface area (Å²) < 4.78 is 14.2. The summed E-state index contributed by atoms with van der Waals surface area (Å²) in [4.78, 5) is 0. The number of aliphatic hydroxyl groups is 1. The van der Waals surface area contributed by atoms with Gasteiger partial charge in [-0.15, -0.1) is 0 Å². The fourth-order valence-electron chi connectivity index (χ4n) is 1.49. The highest BCUT2D eigenvalue weighted by molar-refractivity contribution is 9.10. The summed E-state index contributed by atoms with van der Waals surface area (Å²) >= 11 is 3.27. The van der Waals surface area contributed by atoms with Crippen LogP contribution in [0.5, 0.6) is 0 Å². The van der Waals surface area contributed by atoms with Crippen LogP contribution in [0.25, 0.3) is 0 Å². The third-order valence-corrected chi connectivity index (χ3v) is 2.76. The number of hydrogen-bond acceptors (Lipinski definition) is 2. The van der Waals surface area contributed by atoms with Crippen LogP contribution in [0.3, 0.4) is 0 Å². The Bertz CT molecular complexity index is 341. The minimum atomic E-state index is -0.948. The summed E-state index contributed by atoms with van der Waals surface area (Å²) in [7, 11) is 0. The van der Waals surface area contributed by atoms with Crippen LogP contribution in [0.4, 0.5) is 4.39 Å². The third-order valence-electron chi connectivity index (χ3n) is 2.26. The van der Waals surface area contributed by atoms with Crippen LogP contribution in [0.1, 0.15) is 18.9 Å². The minimum absolute atomic E-state index is 0.273. The van der Waals surface area contributed by atoms with E-state index in [9.17, 15) is 9.50 Å². The molecule has 0 fully saturated rings. The number of nitrogens with two attached hydrogens (primary N) is 1. The average Bonchev–Trinajstić information content (AvgIpc) is 2.10. The van der Waals surface area contributed by atoms with Crippen molar-refractivity contribution in [3.05, 3.63) is 34.1 Å². The Morgan fingerprint density at radius 1 is 1.53 bits per heavy atom. The monoisotopic (exact) mass is 275 g/mol. The minimum Gasteiger partial charge on any atom is -0.390 e. The van der Waals surface area contributed by atoms with Gasteiger partial charge in [0.05, 0.1) is 5.60 Å². The van der Waals surface area contributed by atoms with Crippen LogP contribution in [-0.2, 0) is 6.42 Å². The molecule has 1 unspecified atom stereocenters. The lowest BCUT2D eigenvalue weighted by atomic mass is 9.93. The highest BCUT2D eigenvalue weighted by Gasteiger charge is 2.21. The molecule has 0 aromatic heterocycles. The summed E-state index contributed by atoms with van der Waals surface area (Å²) in [6.07, 6.45) is 0.731. The molecule has 1 atom stereocenters. The standard InChI is InChI=1S/C11H15BrFNO/c1-11(15,4-5-14)7-8-6-9(12)2-3-10(8)13/h2-3,6,15H,4-5,7,14H2,1H3. The van der Waals surface area contributed by atoms with E-state index in [0.717, 1.165) is 4.47 Å². The lowest BCUT2D eigenvalue weighted by Gasteiger charge is -2.22. The van der Waals surface area contributed by atoms with Gasteiger partial charge in [0.15, 0.2) is 0 Å². The summed E-state index contributed by atoms with van der Waals surface area (Å²) in [5.74, 6) is -0.296. The van der Waals surface area contributed by atoms with Gasteiger partial charge in [-0.2, -0.15) is 0 Å². The van der Waals surface area contributed by atoms with Crippen molar-refractivity contribution in [2.45, 2.75) is 25.4 Å². The molecule has 84 valence electrons. The molecule has 0 spiro atoms. The van der Waals surface area contributed by atoms with E-state index >= 15 is 0 Å². The first-order valence-electron chi connectivity index (χ1n) is 4.81. The van der Waals surface area contributed by atoms with Crippen molar-refractivity contribution in [3.8, 4) is 0 Å². The molecule has 0 saturated carbocycles. The van der Waals surface area contributed by atoms with Gasteiger partial charge in [0.2, 0.25) is 0 Å². The maximum atomic E-state index is 13.4. The van der Waals surface area contributed by atoms with Gasteiger partial charge in [0.1, 0.15) is 5.82 Å². The fourth-order valence-corrected chi connectivity index (χ4v) is 1.90. The first-order valence-corrected chi connectivity index (χ1v) is 5.60. The van der Waals surface area contributed by atoms with Crippen molar-refractivity contribution >= 4 is 15.9 Å². The Balaban J connectivity index is 2.83. The van der Waals surface area contributed by atoms with Gasteiger partial charge in [0.25, 0.3) is 0 Å². The molecule has 0 heterocycles. The number of rotatable bonds is 4. The molecule has 0 aliphatic rings. The number of benzene rings is 1. The zero-order valence-electron chi connectivity index (χ0n) is 8.63. The smallest absolute Gasteiger partial charge is 0.126 e. The predicted molar refractivity (Wildman–Crippen MR) is 62.1 cm³/mol. The molecule has 0 saturated heterocycles. The molecular weight excluding hydrogens is 261 g/mol. The second-order valence-electron chi connectivity index (χ2n) is 3.95. The van der Waals surface area contributed by atoms with Crippen molar-refractivity contribution in [1.29, 1.82) is 0 Å². The molecule has 0 bridgehead atoms. The molecule has 15 heavy (non-hydrogen) atoms. The SMILES string of the molecule is CC(O)(CCN)Cc1cc(Br)ccc1F. The van der Waals surface area contributed by atoms with E-state index in [2.05, 4.69) is 15.9 Å². The summed E-state index contributed by atoms with van der Waals surface area (Å²) in [5, 5.41) is 9.92. The lowest BCUT2D eigenvalue weighted by Crippen LogP contribution is -2.30. The van der Waals surface area contributed by atoms with Crippen molar-refractivity contribution in [2.75, 3.05) is 6.54 Å². The van der Waals surface area contributed by atoms with Crippen LogP contribution in [0, 0.1) is 5.82 Å². The van der Waals surface area contributed by atoms with Gasteiger partial charge in [0, 0.05) is 10.9 Å². The molecule has 0 amide bonds. The maximum absolute atomic E-state index is 13.4. The second kappa shape index (κ2) is 5.05. The van der Waals surface area contributed by atoms with E-state index in [1.807, 2.05) is 0 Å². The van der Waals surface area contributed by atoms with Gasteiger partial charge in [-0.1, -0.05) is 15.9 Å². The Morgan fingerprint density at radius 2 is 2.20 bits per heavy atom. The van der Waals surface area contributed by atoms with Gasteiger partial charge in [-0.3, -0.25) is 0 Å². The van der Waals surface area contributed by atoms with E-state index in [-0.39, 0.29) is 12.2 Å². The highest BCUT2D eigenvalue weighted by Crippen LogP contribution is 2.22. The van der Waals surface area contributed by atoms with Crippen molar-refractivity contribution in [2.24, 2.45) is 5.73 Å². The molecule has 1 rings (SSSR count). The molecule has 0 radical (unpaired) electrons. The summed E-state index contributed by atoms with van der Waals surface area (Å²) in [6, 6.07) is 4.70. The summed E-state index contributed by atoms with van der Waals surface area (Å²) in [6.45, 7) is 2.06. The Labute approximate surface area is 97.4 Å². The quantitative estimate of drug-likeness (QED) is 0.885. The molecule has 4 heteroatoms. The lowest BCUT2D eigenvalue weighted by molar-refractivity contribution is 0.0530. The van der Waals surface area contributed by atoms with Crippen molar-refractivity contribution in [1.82, 2.24) is 0 Å². The summed E-state index contributed by atoms with van der Waals surface area (Å²) in [5.41, 5.74) is 4.93.